The lowest BCUT2D eigenvalue weighted by molar-refractivity contribution is 0.268. The van der Waals surface area contributed by atoms with Crippen molar-refractivity contribution in [2.75, 3.05) is 6.61 Å². The van der Waals surface area contributed by atoms with E-state index in [1.807, 2.05) is 30.7 Å². The summed E-state index contributed by atoms with van der Waals surface area (Å²) >= 11 is 0. The molecule has 0 bridgehead atoms. The Balaban J connectivity index is 2.40. The van der Waals surface area contributed by atoms with E-state index in [4.69, 9.17) is 5.11 Å². The Morgan fingerprint density at radius 3 is 2.50 bits per heavy atom. The smallest absolute Gasteiger partial charge is 0.0499 e. The number of aliphatic hydroxyl groups is 1. The van der Waals surface area contributed by atoms with Gasteiger partial charge in [-0.05, 0) is 6.42 Å². The quantitative estimate of drug-likeness (QED) is 0.531. The van der Waals surface area contributed by atoms with Crippen LogP contribution in [0.5, 0.6) is 0 Å². The fourth-order valence-electron chi connectivity index (χ4n) is 0.664. The van der Waals surface area contributed by atoms with Gasteiger partial charge in [0.15, 0.2) is 0 Å². The second kappa shape index (κ2) is 2.68. The summed E-state index contributed by atoms with van der Waals surface area (Å²) in [7, 11) is 0. The Labute approximate surface area is 49.3 Å². The van der Waals surface area contributed by atoms with Gasteiger partial charge in [0.1, 0.15) is 0 Å². The van der Waals surface area contributed by atoms with E-state index in [-0.39, 0.29) is 12.5 Å². The van der Waals surface area contributed by atoms with Crippen molar-refractivity contribution in [2.45, 2.75) is 0 Å². The Morgan fingerprint density at radius 2 is 2.12 bits per heavy atom. The van der Waals surface area contributed by atoms with Gasteiger partial charge in [-0.25, -0.2) is 0 Å². The molecular formula is C7H9O. The van der Waals surface area contributed by atoms with Gasteiger partial charge in [-0.3, -0.25) is 0 Å². The maximum atomic E-state index is 8.57. The minimum absolute atomic E-state index is 0.223. The van der Waals surface area contributed by atoms with E-state index < -0.39 is 0 Å². The van der Waals surface area contributed by atoms with Crippen LogP contribution < -0.4 is 0 Å². The topological polar surface area (TPSA) is 20.2 Å². The van der Waals surface area contributed by atoms with E-state index in [9.17, 15) is 0 Å². The summed E-state index contributed by atoms with van der Waals surface area (Å²) in [6.45, 7) is 0.223. The standard InChI is InChI=1S/C7H9O/c8-6-7-4-2-1-3-5-7/h1-5,7-8H,6H2. The number of hydrogen-bond acceptors (Lipinski definition) is 1. The molecule has 1 aliphatic rings. The zero-order valence-corrected chi connectivity index (χ0v) is 4.62. The van der Waals surface area contributed by atoms with Gasteiger partial charge in [0.05, 0.1) is 0 Å². The van der Waals surface area contributed by atoms with Crippen LogP contribution in [0, 0.1) is 12.3 Å². The van der Waals surface area contributed by atoms with Crippen LogP contribution in [0.1, 0.15) is 0 Å². The van der Waals surface area contributed by atoms with Gasteiger partial charge in [0, 0.05) is 12.5 Å². The molecule has 1 atom stereocenters. The molecule has 0 fully saturated rings. The highest BCUT2D eigenvalue weighted by Crippen LogP contribution is 2.07. The first-order valence-corrected chi connectivity index (χ1v) is 2.72. The molecule has 0 saturated heterocycles. The molecule has 0 aromatic heterocycles. The molecule has 8 heavy (non-hydrogen) atoms. The summed E-state index contributed by atoms with van der Waals surface area (Å²) < 4.78 is 0. The summed E-state index contributed by atoms with van der Waals surface area (Å²) in [5, 5.41) is 8.57. The Morgan fingerprint density at radius 1 is 1.25 bits per heavy atom. The van der Waals surface area contributed by atoms with E-state index in [0.717, 1.165) is 0 Å². The summed E-state index contributed by atoms with van der Waals surface area (Å²) in [5.74, 6) is 0.250. The van der Waals surface area contributed by atoms with Crippen molar-refractivity contribution in [1.82, 2.24) is 0 Å². The normalized spacial score (nSPS) is 26.4. The zero-order chi connectivity index (χ0) is 5.82. The van der Waals surface area contributed by atoms with E-state index in [1.54, 1.807) is 0 Å². The van der Waals surface area contributed by atoms with Crippen LogP contribution in [-0.4, -0.2) is 11.7 Å². The summed E-state index contributed by atoms with van der Waals surface area (Å²) in [5.41, 5.74) is 0. The SMILES string of the molecule is OCC1[CH]C=CC=C1. The average molecular weight is 109 g/mol. The third-order valence-electron chi connectivity index (χ3n) is 1.15. The lowest BCUT2D eigenvalue weighted by Gasteiger charge is -2.06. The Bertz CT molecular complexity index is 114. The second-order valence-electron chi connectivity index (χ2n) is 1.81. The van der Waals surface area contributed by atoms with Crippen LogP contribution in [0.25, 0.3) is 0 Å². The molecule has 0 aromatic carbocycles. The van der Waals surface area contributed by atoms with Gasteiger partial charge in [0.25, 0.3) is 0 Å². The van der Waals surface area contributed by atoms with Gasteiger partial charge < -0.3 is 5.11 Å². The first kappa shape index (κ1) is 5.57. The predicted molar refractivity (Wildman–Crippen MR) is 33.2 cm³/mol. The van der Waals surface area contributed by atoms with E-state index >= 15 is 0 Å². The molecule has 0 amide bonds. The zero-order valence-electron chi connectivity index (χ0n) is 4.62. The first-order valence-electron chi connectivity index (χ1n) is 2.72. The van der Waals surface area contributed by atoms with Crippen molar-refractivity contribution in [3.05, 3.63) is 30.7 Å². The fourth-order valence-corrected chi connectivity index (χ4v) is 0.664. The summed E-state index contributed by atoms with van der Waals surface area (Å²) in [6.07, 6.45) is 9.79. The van der Waals surface area contributed by atoms with Crippen molar-refractivity contribution in [2.24, 2.45) is 5.92 Å². The van der Waals surface area contributed by atoms with Crippen LogP contribution in [0.4, 0.5) is 0 Å². The highest BCUT2D eigenvalue weighted by Gasteiger charge is 2.00. The van der Waals surface area contributed by atoms with E-state index in [1.165, 1.54) is 0 Å². The molecule has 1 N–H and O–H groups in total. The number of allylic oxidation sites excluding steroid dienone is 3. The molecular weight excluding hydrogens is 100 g/mol. The maximum absolute atomic E-state index is 8.57. The van der Waals surface area contributed by atoms with Crippen LogP contribution in [0.3, 0.4) is 0 Å². The highest BCUT2D eigenvalue weighted by atomic mass is 16.3. The van der Waals surface area contributed by atoms with Gasteiger partial charge >= 0.3 is 0 Å². The third-order valence-corrected chi connectivity index (χ3v) is 1.15. The number of hydrogen-bond donors (Lipinski definition) is 1. The van der Waals surface area contributed by atoms with Crippen molar-refractivity contribution in [3.63, 3.8) is 0 Å². The van der Waals surface area contributed by atoms with E-state index in [2.05, 4.69) is 0 Å². The number of aliphatic hydroxyl groups excluding tert-OH is 1. The van der Waals surface area contributed by atoms with Crippen molar-refractivity contribution in [1.29, 1.82) is 0 Å². The van der Waals surface area contributed by atoms with Crippen LogP contribution in [0.15, 0.2) is 24.3 Å². The first-order chi connectivity index (χ1) is 3.93. The molecule has 1 heteroatoms. The van der Waals surface area contributed by atoms with Crippen molar-refractivity contribution >= 4 is 0 Å². The fraction of sp³-hybridized carbons (Fsp3) is 0.286. The second-order valence-corrected chi connectivity index (χ2v) is 1.81. The van der Waals surface area contributed by atoms with Gasteiger partial charge in [-0.2, -0.15) is 0 Å². The summed E-state index contributed by atoms with van der Waals surface area (Å²) in [6, 6.07) is 0. The third kappa shape index (κ3) is 1.20. The Kier molecular flexibility index (Phi) is 1.86. The molecule has 0 spiro atoms. The minimum atomic E-state index is 0.223. The molecule has 1 radical (unpaired) electrons. The van der Waals surface area contributed by atoms with Gasteiger partial charge in [-0.15, -0.1) is 0 Å². The van der Waals surface area contributed by atoms with Crippen molar-refractivity contribution < 1.29 is 5.11 Å². The molecule has 1 rings (SSSR count). The van der Waals surface area contributed by atoms with Crippen LogP contribution in [0.2, 0.25) is 0 Å². The Hall–Kier alpha value is -0.560. The largest absolute Gasteiger partial charge is 0.396 e. The predicted octanol–water partition coefficient (Wildman–Crippen LogP) is 0.925. The lowest BCUT2D eigenvalue weighted by atomic mass is 10.0. The number of rotatable bonds is 1. The molecule has 1 nitrogen and oxygen atoms in total. The van der Waals surface area contributed by atoms with Crippen molar-refractivity contribution in [3.8, 4) is 0 Å². The molecule has 1 unspecified atom stereocenters. The summed E-state index contributed by atoms with van der Waals surface area (Å²) in [4.78, 5) is 0. The minimum Gasteiger partial charge on any atom is -0.396 e. The molecule has 1 aliphatic carbocycles. The lowest BCUT2D eigenvalue weighted by Crippen LogP contribution is -2.02. The van der Waals surface area contributed by atoms with Gasteiger partial charge in [0.2, 0.25) is 0 Å². The highest BCUT2D eigenvalue weighted by molar-refractivity contribution is 5.18. The van der Waals surface area contributed by atoms with Crippen LogP contribution >= 0.6 is 0 Å². The molecule has 43 valence electrons. The van der Waals surface area contributed by atoms with E-state index in [0.29, 0.717) is 0 Å². The maximum Gasteiger partial charge on any atom is 0.0499 e. The molecule has 0 saturated carbocycles. The van der Waals surface area contributed by atoms with Crippen LogP contribution in [-0.2, 0) is 0 Å². The monoisotopic (exact) mass is 109 g/mol. The molecule has 0 aromatic rings. The van der Waals surface area contributed by atoms with Gasteiger partial charge in [-0.1, -0.05) is 24.3 Å². The molecule has 0 aliphatic heterocycles. The average Bonchev–Trinajstić information content (AvgIpc) is 1.90. The molecule has 0 heterocycles.